The van der Waals surface area contributed by atoms with E-state index >= 15 is 0 Å². The summed E-state index contributed by atoms with van der Waals surface area (Å²) in [5.41, 5.74) is 5.33. The first-order chi connectivity index (χ1) is 11.0. The summed E-state index contributed by atoms with van der Waals surface area (Å²) in [4.78, 5) is 12.5. The van der Waals surface area contributed by atoms with E-state index in [1.807, 2.05) is 48.7 Å². The average Bonchev–Trinajstić information content (AvgIpc) is 2.81. The van der Waals surface area contributed by atoms with E-state index in [1.165, 1.54) is 5.56 Å². The predicted octanol–water partition coefficient (Wildman–Crippen LogP) is 4.97. The number of carbonyl (C=O) groups excluding carboxylic acids is 1. The van der Waals surface area contributed by atoms with Crippen LogP contribution < -0.4 is 5.32 Å². The Morgan fingerprint density at radius 1 is 1.09 bits per heavy atom. The SMILES string of the molecule is Cc1cc(Br)c(NC(=O)Cn2c(C)cc3ccccc32)cc1C. The fourth-order valence-electron chi connectivity index (χ4n) is 2.77. The fourth-order valence-corrected chi connectivity index (χ4v) is 3.33. The van der Waals surface area contributed by atoms with Gasteiger partial charge < -0.3 is 9.88 Å². The smallest absolute Gasteiger partial charge is 0.244 e. The third-order valence-corrected chi connectivity index (χ3v) is 4.83. The molecule has 1 N–H and O–H groups in total. The summed E-state index contributed by atoms with van der Waals surface area (Å²) in [7, 11) is 0. The van der Waals surface area contributed by atoms with Crippen molar-refractivity contribution < 1.29 is 4.79 Å². The van der Waals surface area contributed by atoms with Gasteiger partial charge in [-0.3, -0.25) is 4.79 Å². The van der Waals surface area contributed by atoms with Crippen molar-refractivity contribution in [3.63, 3.8) is 0 Å². The van der Waals surface area contributed by atoms with E-state index in [1.54, 1.807) is 0 Å². The predicted molar refractivity (Wildman–Crippen MR) is 98.9 cm³/mol. The standard InChI is InChI=1S/C19H19BrN2O/c1-12-8-16(20)17(9-13(12)2)21-19(23)11-22-14(3)10-15-6-4-5-7-18(15)22/h4-10H,11H2,1-3H3,(H,21,23). The number of nitrogens with one attached hydrogen (secondary N) is 1. The Morgan fingerprint density at radius 2 is 1.78 bits per heavy atom. The van der Waals surface area contributed by atoms with Gasteiger partial charge in [-0.05, 0) is 77.5 Å². The van der Waals surface area contributed by atoms with Crippen LogP contribution in [0.4, 0.5) is 5.69 Å². The second-order valence-corrected chi connectivity index (χ2v) is 6.75. The lowest BCUT2D eigenvalue weighted by Gasteiger charge is -2.12. The van der Waals surface area contributed by atoms with E-state index in [2.05, 4.69) is 40.3 Å². The van der Waals surface area contributed by atoms with E-state index < -0.39 is 0 Å². The monoisotopic (exact) mass is 370 g/mol. The molecular formula is C19H19BrN2O. The Bertz CT molecular complexity index is 896. The molecule has 0 atom stereocenters. The zero-order chi connectivity index (χ0) is 16.6. The van der Waals surface area contributed by atoms with Crippen LogP contribution in [0.1, 0.15) is 16.8 Å². The second kappa shape index (κ2) is 6.20. The molecule has 0 aliphatic carbocycles. The van der Waals surface area contributed by atoms with Gasteiger partial charge in [0.15, 0.2) is 0 Å². The van der Waals surface area contributed by atoms with Gasteiger partial charge in [-0.2, -0.15) is 0 Å². The molecule has 3 aromatic rings. The molecule has 1 aromatic heterocycles. The molecule has 0 saturated carbocycles. The summed E-state index contributed by atoms with van der Waals surface area (Å²) >= 11 is 3.52. The number of aryl methyl sites for hydroxylation is 3. The Labute approximate surface area is 144 Å². The highest BCUT2D eigenvalue weighted by Crippen LogP contribution is 2.26. The first kappa shape index (κ1) is 15.8. The zero-order valence-electron chi connectivity index (χ0n) is 13.5. The van der Waals surface area contributed by atoms with Crippen LogP contribution in [0, 0.1) is 20.8 Å². The number of hydrogen-bond acceptors (Lipinski definition) is 1. The molecule has 2 aromatic carbocycles. The Kier molecular flexibility index (Phi) is 4.26. The van der Waals surface area contributed by atoms with Gasteiger partial charge in [-0.1, -0.05) is 18.2 Å². The van der Waals surface area contributed by atoms with Crippen LogP contribution in [-0.4, -0.2) is 10.5 Å². The summed E-state index contributed by atoms with van der Waals surface area (Å²) < 4.78 is 2.95. The van der Waals surface area contributed by atoms with Crippen molar-refractivity contribution in [1.29, 1.82) is 0 Å². The van der Waals surface area contributed by atoms with Crippen LogP contribution in [0.2, 0.25) is 0 Å². The second-order valence-electron chi connectivity index (χ2n) is 5.90. The molecular weight excluding hydrogens is 352 g/mol. The highest BCUT2D eigenvalue weighted by Gasteiger charge is 2.11. The molecule has 1 heterocycles. The lowest BCUT2D eigenvalue weighted by Crippen LogP contribution is -2.19. The van der Waals surface area contributed by atoms with Crippen molar-refractivity contribution in [2.45, 2.75) is 27.3 Å². The molecule has 0 saturated heterocycles. The lowest BCUT2D eigenvalue weighted by molar-refractivity contribution is -0.116. The van der Waals surface area contributed by atoms with Crippen LogP contribution >= 0.6 is 15.9 Å². The highest BCUT2D eigenvalue weighted by molar-refractivity contribution is 9.10. The number of amides is 1. The van der Waals surface area contributed by atoms with Gasteiger partial charge >= 0.3 is 0 Å². The summed E-state index contributed by atoms with van der Waals surface area (Å²) in [6.07, 6.45) is 0. The number of halogens is 1. The van der Waals surface area contributed by atoms with Crippen molar-refractivity contribution in [2.24, 2.45) is 0 Å². The van der Waals surface area contributed by atoms with Crippen molar-refractivity contribution in [3.05, 3.63) is 63.8 Å². The average molecular weight is 371 g/mol. The zero-order valence-corrected chi connectivity index (χ0v) is 15.1. The molecule has 3 rings (SSSR count). The molecule has 0 fully saturated rings. The van der Waals surface area contributed by atoms with Crippen molar-refractivity contribution in [3.8, 4) is 0 Å². The topological polar surface area (TPSA) is 34.0 Å². The lowest BCUT2D eigenvalue weighted by atomic mass is 10.1. The van der Waals surface area contributed by atoms with Gasteiger partial charge in [-0.15, -0.1) is 0 Å². The number of hydrogen-bond donors (Lipinski definition) is 1. The first-order valence-corrected chi connectivity index (χ1v) is 8.36. The quantitative estimate of drug-likeness (QED) is 0.693. The van der Waals surface area contributed by atoms with E-state index in [4.69, 9.17) is 0 Å². The maximum Gasteiger partial charge on any atom is 0.244 e. The number of rotatable bonds is 3. The van der Waals surface area contributed by atoms with Gasteiger partial charge in [-0.25, -0.2) is 0 Å². The van der Waals surface area contributed by atoms with Crippen LogP contribution in [0.5, 0.6) is 0 Å². The molecule has 0 unspecified atom stereocenters. The number of benzene rings is 2. The first-order valence-electron chi connectivity index (χ1n) is 7.57. The summed E-state index contributed by atoms with van der Waals surface area (Å²) in [6, 6.07) is 14.3. The number of fused-ring (bicyclic) bond motifs is 1. The molecule has 23 heavy (non-hydrogen) atoms. The number of aromatic nitrogens is 1. The number of anilines is 1. The summed E-state index contributed by atoms with van der Waals surface area (Å²) in [5.74, 6) is -0.0293. The van der Waals surface area contributed by atoms with Gasteiger partial charge in [0, 0.05) is 15.7 Å². The van der Waals surface area contributed by atoms with Crippen LogP contribution in [0.3, 0.4) is 0 Å². The fraction of sp³-hybridized carbons (Fsp3) is 0.211. The third-order valence-electron chi connectivity index (χ3n) is 4.18. The third kappa shape index (κ3) is 3.17. The molecule has 0 aliphatic rings. The highest BCUT2D eigenvalue weighted by atomic mass is 79.9. The van der Waals surface area contributed by atoms with Crippen LogP contribution in [0.25, 0.3) is 10.9 Å². The Balaban J connectivity index is 1.84. The van der Waals surface area contributed by atoms with Crippen molar-refractivity contribution in [2.75, 3.05) is 5.32 Å². The maximum absolute atomic E-state index is 12.5. The molecule has 0 bridgehead atoms. The molecule has 4 heteroatoms. The number of nitrogens with zero attached hydrogens (tertiary/aromatic N) is 1. The van der Waals surface area contributed by atoms with E-state index in [0.717, 1.165) is 32.3 Å². The minimum absolute atomic E-state index is 0.0293. The van der Waals surface area contributed by atoms with Gasteiger partial charge in [0.05, 0.1) is 5.69 Å². The largest absolute Gasteiger partial charge is 0.335 e. The maximum atomic E-state index is 12.5. The van der Waals surface area contributed by atoms with Crippen molar-refractivity contribution in [1.82, 2.24) is 4.57 Å². The Morgan fingerprint density at radius 3 is 2.57 bits per heavy atom. The van der Waals surface area contributed by atoms with Gasteiger partial charge in [0.25, 0.3) is 0 Å². The van der Waals surface area contributed by atoms with E-state index in [0.29, 0.717) is 6.54 Å². The normalized spacial score (nSPS) is 11.0. The number of para-hydroxylation sites is 1. The molecule has 3 nitrogen and oxygen atoms in total. The van der Waals surface area contributed by atoms with Crippen LogP contribution in [-0.2, 0) is 11.3 Å². The number of carbonyl (C=O) groups is 1. The van der Waals surface area contributed by atoms with Crippen LogP contribution in [0.15, 0.2) is 46.9 Å². The molecule has 0 radical (unpaired) electrons. The van der Waals surface area contributed by atoms with E-state index in [9.17, 15) is 4.79 Å². The minimum Gasteiger partial charge on any atom is -0.335 e. The molecule has 1 amide bonds. The van der Waals surface area contributed by atoms with Crippen molar-refractivity contribution >= 4 is 38.4 Å². The summed E-state index contributed by atoms with van der Waals surface area (Å²) in [6.45, 7) is 6.43. The van der Waals surface area contributed by atoms with Gasteiger partial charge in [0.1, 0.15) is 6.54 Å². The van der Waals surface area contributed by atoms with E-state index in [-0.39, 0.29) is 5.91 Å². The summed E-state index contributed by atoms with van der Waals surface area (Å²) in [5, 5.41) is 4.16. The minimum atomic E-state index is -0.0293. The molecule has 0 spiro atoms. The Hall–Kier alpha value is -2.07. The molecule has 0 aliphatic heterocycles. The molecule has 118 valence electrons. The van der Waals surface area contributed by atoms with Gasteiger partial charge in [0.2, 0.25) is 5.91 Å².